The average molecular weight is 295 g/mol. The van der Waals surface area contributed by atoms with Crippen LogP contribution in [0.25, 0.3) is 0 Å². The predicted octanol–water partition coefficient (Wildman–Crippen LogP) is 3.76. The summed E-state index contributed by atoms with van der Waals surface area (Å²) in [6.07, 6.45) is 0.263. The lowest BCUT2D eigenvalue weighted by molar-refractivity contribution is -0.115. The van der Waals surface area contributed by atoms with Crippen molar-refractivity contribution in [1.29, 1.82) is 0 Å². The van der Waals surface area contributed by atoms with E-state index in [-0.39, 0.29) is 12.3 Å². The third-order valence-electron chi connectivity index (χ3n) is 2.55. The number of benzene rings is 2. The molecule has 0 aromatic heterocycles. The Kier molecular flexibility index (Phi) is 4.30. The number of nitrogens with two attached hydrogens (primary N) is 1. The molecule has 0 aliphatic heterocycles. The lowest BCUT2D eigenvalue weighted by Gasteiger charge is -2.07. The summed E-state index contributed by atoms with van der Waals surface area (Å²) in [5.74, 6) is -0.144. The van der Waals surface area contributed by atoms with E-state index >= 15 is 0 Å². The van der Waals surface area contributed by atoms with Crippen molar-refractivity contribution in [2.75, 3.05) is 11.1 Å². The number of hydrogen-bond acceptors (Lipinski definition) is 2. The summed E-state index contributed by atoms with van der Waals surface area (Å²) >= 11 is 11.8. The lowest BCUT2D eigenvalue weighted by atomic mass is 10.1. The number of nitrogens with one attached hydrogen (secondary N) is 1. The number of nitrogen functional groups attached to an aromatic ring is 1. The van der Waals surface area contributed by atoms with Crippen molar-refractivity contribution in [2.45, 2.75) is 6.42 Å². The minimum absolute atomic E-state index is 0.144. The summed E-state index contributed by atoms with van der Waals surface area (Å²) in [5, 5.41) is 3.68. The second kappa shape index (κ2) is 5.95. The monoisotopic (exact) mass is 294 g/mol. The van der Waals surface area contributed by atoms with Crippen molar-refractivity contribution >= 4 is 40.5 Å². The summed E-state index contributed by atoms with van der Waals surface area (Å²) in [4.78, 5) is 11.9. The molecule has 3 N–H and O–H groups in total. The minimum atomic E-state index is -0.144. The Morgan fingerprint density at radius 2 is 1.79 bits per heavy atom. The summed E-state index contributed by atoms with van der Waals surface area (Å²) in [6.45, 7) is 0. The minimum Gasteiger partial charge on any atom is -0.399 e. The van der Waals surface area contributed by atoms with Crippen LogP contribution in [-0.2, 0) is 11.2 Å². The number of carbonyl (C=O) groups is 1. The zero-order valence-corrected chi connectivity index (χ0v) is 11.5. The maximum absolute atomic E-state index is 11.9. The zero-order valence-electron chi connectivity index (χ0n) is 9.99. The van der Waals surface area contributed by atoms with Crippen LogP contribution < -0.4 is 11.1 Å². The van der Waals surface area contributed by atoms with Crippen LogP contribution in [0.1, 0.15) is 5.56 Å². The zero-order chi connectivity index (χ0) is 13.8. The molecule has 1 amide bonds. The summed E-state index contributed by atoms with van der Waals surface area (Å²) in [6, 6.07) is 12.1. The van der Waals surface area contributed by atoms with Crippen LogP contribution in [0.5, 0.6) is 0 Å². The van der Waals surface area contributed by atoms with Gasteiger partial charge in [0.05, 0.1) is 17.1 Å². The van der Waals surface area contributed by atoms with Gasteiger partial charge in [0.15, 0.2) is 0 Å². The molecule has 98 valence electrons. The highest BCUT2D eigenvalue weighted by molar-refractivity contribution is 6.36. The Balaban J connectivity index is 2.03. The summed E-state index contributed by atoms with van der Waals surface area (Å²) in [7, 11) is 0. The second-order valence-corrected chi connectivity index (χ2v) is 4.93. The third kappa shape index (κ3) is 3.88. The van der Waals surface area contributed by atoms with Crippen LogP contribution in [0.15, 0.2) is 42.5 Å². The largest absolute Gasteiger partial charge is 0.399 e. The molecular weight excluding hydrogens is 283 g/mol. The fourth-order valence-electron chi connectivity index (χ4n) is 1.61. The molecule has 2 aromatic rings. The van der Waals surface area contributed by atoms with Crippen LogP contribution >= 0.6 is 23.2 Å². The molecule has 0 saturated heterocycles. The Labute approximate surface area is 121 Å². The standard InChI is InChI=1S/C14H12Cl2N2O/c15-10-3-6-13(12(16)8-10)18-14(19)7-9-1-4-11(17)5-2-9/h1-6,8H,7,17H2,(H,18,19). The normalized spacial score (nSPS) is 10.2. The lowest BCUT2D eigenvalue weighted by Crippen LogP contribution is -2.14. The highest BCUT2D eigenvalue weighted by atomic mass is 35.5. The molecule has 3 nitrogen and oxygen atoms in total. The molecule has 0 spiro atoms. The fraction of sp³-hybridized carbons (Fsp3) is 0.0714. The Bertz CT molecular complexity index is 597. The maximum Gasteiger partial charge on any atom is 0.228 e. The molecular formula is C14H12Cl2N2O. The topological polar surface area (TPSA) is 55.1 Å². The highest BCUT2D eigenvalue weighted by Gasteiger charge is 2.07. The molecule has 2 aromatic carbocycles. The Morgan fingerprint density at radius 1 is 1.11 bits per heavy atom. The second-order valence-electron chi connectivity index (χ2n) is 4.09. The number of halogens is 2. The number of anilines is 2. The first-order chi connectivity index (χ1) is 9.04. The first-order valence-corrected chi connectivity index (χ1v) is 6.39. The van der Waals surface area contributed by atoms with Crippen molar-refractivity contribution in [2.24, 2.45) is 0 Å². The van der Waals surface area contributed by atoms with Crippen LogP contribution in [-0.4, -0.2) is 5.91 Å². The van der Waals surface area contributed by atoms with Gasteiger partial charge >= 0.3 is 0 Å². The molecule has 0 bridgehead atoms. The van der Waals surface area contributed by atoms with Crippen LogP contribution in [0, 0.1) is 0 Å². The van der Waals surface area contributed by atoms with E-state index in [9.17, 15) is 4.79 Å². The molecule has 0 fully saturated rings. The highest BCUT2D eigenvalue weighted by Crippen LogP contribution is 2.25. The third-order valence-corrected chi connectivity index (χ3v) is 3.10. The van der Waals surface area contributed by atoms with E-state index in [1.165, 1.54) is 0 Å². The van der Waals surface area contributed by atoms with Gasteiger partial charge in [-0.15, -0.1) is 0 Å². The molecule has 0 saturated carbocycles. The van der Waals surface area contributed by atoms with Crippen LogP contribution in [0.3, 0.4) is 0 Å². The van der Waals surface area contributed by atoms with Gasteiger partial charge in [-0.05, 0) is 35.9 Å². The van der Waals surface area contributed by atoms with Gasteiger partial charge in [-0.1, -0.05) is 35.3 Å². The van der Waals surface area contributed by atoms with Crippen LogP contribution in [0.2, 0.25) is 10.0 Å². The Hall–Kier alpha value is -1.71. The number of amides is 1. The van der Waals surface area contributed by atoms with Gasteiger partial charge in [0.25, 0.3) is 0 Å². The van der Waals surface area contributed by atoms with Gasteiger partial charge in [0.1, 0.15) is 0 Å². The first-order valence-electron chi connectivity index (χ1n) is 5.64. The number of rotatable bonds is 3. The average Bonchev–Trinajstić information content (AvgIpc) is 2.36. The van der Waals surface area contributed by atoms with Crippen molar-refractivity contribution in [1.82, 2.24) is 0 Å². The molecule has 0 aliphatic carbocycles. The smallest absolute Gasteiger partial charge is 0.228 e. The molecule has 0 atom stereocenters. The number of hydrogen-bond donors (Lipinski definition) is 2. The first kappa shape index (κ1) is 13.7. The molecule has 0 aliphatic rings. The van der Waals surface area contributed by atoms with Crippen molar-refractivity contribution in [3.63, 3.8) is 0 Å². The SMILES string of the molecule is Nc1ccc(CC(=O)Nc2ccc(Cl)cc2Cl)cc1. The molecule has 5 heteroatoms. The van der Waals surface area contributed by atoms with Gasteiger partial charge in [-0.25, -0.2) is 0 Å². The summed E-state index contributed by atoms with van der Waals surface area (Å²) in [5.41, 5.74) is 7.69. The van der Waals surface area contributed by atoms with Crippen molar-refractivity contribution in [3.05, 3.63) is 58.1 Å². The maximum atomic E-state index is 11.9. The van der Waals surface area contributed by atoms with E-state index in [2.05, 4.69) is 5.32 Å². The van der Waals surface area contributed by atoms with E-state index in [0.717, 1.165) is 5.56 Å². The summed E-state index contributed by atoms with van der Waals surface area (Å²) < 4.78 is 0. The van der Waals surface area contributed by atoms with Gasteiger partial charge < -0.3 is 11.1 Å². The van der Waals surface area contributed by atoms with E-state index < -0.39 is 0 Å². The van der Waals surface area contributed by atoms with E-state index in [0.29, 0.717) is 21.4 Å². The fourth-order valence-corrected chi connectivity index (χ4v) is 2.06. The predicted molar refractivity (Wildman–Crippen MR) is 79.7 cm³/mol. The Morgan fingerprint density at radius 3 is 2.42 bits per heavy atom. The van der Waals surface area contributed by atoms with E-state index in [1.807, 2.05) is 12.1 Å². The van der Waals surface area contributed by atoms with Gasteiger partial charge in [0, 0.05) is 10.7 Å². The van der Waals surface area contributed by atoms with Gasteiger partial charge in [-0.2, -0.15) is 0 Å². The molecule has 0 radical (unpaired) electrons. The molecule has 0 unspecified atom stereocenters. The van der Waals surface area contributed by atoms with Crippen molar-refractivity contribution in [3.8, 4) is 0 Å². The number of carbonyl (C=O) groups excluding carboxylic acids is 1. The van der Waals surface area contributed by atoms with Gasteiger partial charge in [-0.3, -0.25) is 4.79 Å². The molecule has 0 heterocycles. The van der Waals surface area contributed by atoms with E-state index in [4.69, 9.17) is 28.9 Å². The molecule has 19 heavy (non-hydrogen) atoms. The van der Waals surface area contributed by atoms with Gasteiger partial charge in [0.2, 0.25) is 5.91 Å². The van der Waals surface area contributed by atoms with E-state index in [1.54, 1.807) is 30.3 Å². The van der Waals surface area contributed by atoms with Crippen molar-refractivity contribution < 1.29 is 4.79 Å². The molecule has 2 rings (SSSR count). The van der Waals surface area contributed by atoms with Crippen LogP contribution in [0.4, 0.5) is 11.4 Å². The quantitative estimate of drug-likeness (QED) is 0.847.